The number of carbonyl (C=O) groups is 1. The van der Waals surface area contributed by atoms with Crippen LogP contribution in [0, 0.1) is 0 Å². The third kappa shape index (κ3) is 3.41. The van der Waals surface area contributed by atoms with Crippen LogP contribution in [-0.2, 0) is 6.54 Å². The van der Waals surface area contributed by atoms with Crippen LogP contribution in [0.15, 0.2) is 48.4 Å². The first kappa shape index (κ1) is 13.6. The Morgan fingerprint density at radius 2 is 2.29 bits per heavy atom. The summed E-state index contributed by atoms with van der Waals surface area (Å²) in [4.78, 5) is 15.9. The lowest BCUT2D eigenvalue weighted by molar-refractivity contribution is 0.252. The summed E-state index contributed by atoms with van der Waals surface area (Å²) in [7, 11) is 0. The van der Waals surface area contributed by atoms with Crippen molar-refractivity contribution in [3.05, 3.63) is 48.4 Å². The molecule has 0 bridgehead atoms. The number of urea groups is 1. The fraction of sp³-hybridized carbons (Fsp3) is 0.200. The van der Waals surface area contributed by atoms with Gasteiger partial charge >= 0.3 is 6.03 Å². The number of imidazole rings is 1. The summed E-state index contributed by atoms with van der Waals surface area (Å²) in [5, 5.41) is 8.95. The summed E-state index contributed by atoms with van der Waals surface area (Å²) in [6.07, 6.45) is 6.31. The zero-order chi connectivity index (χ0) is 14.5. The van der Waals surface area contributed by atoms with E-state index in [0.717, 1.165) is 28.7 Å². The van der Waals surface area contributed by atoms with Crippen molar-refractivity contribution in [2.75, 3.05) is 11.9 Å². The Kier molecular flexibility index (Phi) is 4.16. The van der Waals surface area contributed by atoms with Crippen molar-refractivity contribution in [1.29, 1.82) is 0 Å². The summed E-state index contributed by atoms with van der Waals surface area (Å²) in [5.74, 6) is 0. The van der Waals surface area contributed by atoms with Crippen molar-refractivity contribution < 1.29 is 4.79 Å². The SMILES string of the molecule is O=C(NCCCn1ccnc1)Nc1cccc2ccsc12. The van der Waals surface area contributed by atoms with Crippen LogP contribution >= 0.6 is 11.3 Å². The van der Waals surface area contributed by atoms with E-state index in [1.165, 1.54) is 0 Å². The van der Waals surface area contributed by atoms with Crippen LogP contribution in [0.4, 0.5) is 10.5 Å². The lowest BCUT2D eigenvalue weighted by Gasteiger charge is -2.08. The van der Waals surface area contributed by atoms with E-state index in [2.05, 4.69) is 15.6 Å². The van der Waals surface area contributed by atoms with Crippen molar-refractivity contribution in [1.82, 2.24) is 14.9 Å². The molecule has 6 heteroatoms. The molecule has 3 aromatic rings. The zero-order valence-electron chi connectivity index (χ0n) is 11.5. The van der Waals surface area contributed by atoms with Crippen molar-refractivity contribution in [2.45, 2.75) is 13.0 Å². The van der Waals surface area contributed by atoms with Crippen LogP contribution in [0.1, 0.15) is 6.42 Å². The maximum absolute atomic E-state index is 11.9. The number of benzene rings is 1. The van der Waals surface area contributed by atoms with E-state index in [1.54, 1.807) is 23.9 Å². The number of nitrogens with one attached hydrogen (secondary N) is 2. The molecule has 21 heavy (non-hydrogen) atoms. The molecule has 0 radical (unpaired) electrons. The fourth-order valence-electron chi connectivity index (χ4n) is 2.14. The number of nitrogens with zero attached hydrogens (tertiary/aromatic N) is 2. The third-order valence-corrected chi connectivity index (χ3v) is 4.13. The Labute approximate surface area is 126 Å². The fourth-order valence-corrected chi connectivity index (χ4v) is 3.01. The average molecular weight is 300 g/mol. The van der Waals surface area contributed by atoms with Gasteiger partial charge < -0.3 is 15.2 Å². The first-order valence-electron chi connectivity index (χ1n) is 6.80. The van der Waals surface area contributed by atoms with E-state index >= 15 is 0 Å². The van der Waals surface area contributed by atoms with Gasteiger partial charge in [0.1, 0.15) is 0 Å². The Morgan fingerprint density at radius 1 is 1.33 bits per heavy atom. The predicted octanol–water partition coefficient (Wildman–Crippen LogP) is 3.31. The van der Waals surface area contributed by atoms with E-state index in [4.69, 9.17) is 0 Å². The highest BCUT2D eigenvalue weighted by Crippen LogP contribution is 2.28. The lowest BCUT2D eigenvalue weighted by atomic mass is 10.2. The quantitative estimate of drug-likeness (QED) is 0.710. The second-order valence-electron chi connectivity index (χ2n) is 4.68. The van der Waals surface area contributed by atoms with Crippen LogP contribution in [0.3, 0.4) is 0 Å². The van der Waals surface area contributed by atoms with Crippen molar-refractivity contribution in [3.8, 4) is 0 Å². The van der Waals surface area contributed by atoms with Gasteiger partial charge in [-0.1, -0.05) is 12.1 Å². The van der Waals surface area contributed by atoms with Crippen LogP contribution in [0.2, 0.25) is 0 Å². The number of anilines is 1. The molecule has 108 valence electrons. The number of thiophene rings is 1. The molecule has 0 unspecified atom stereocenters. The maximum atomic E-state index is 11.9. The molecule has 2 heterocycles. The normalized spacial score (nSPS) is 10.7. The van der Waals surface area contributed by atoms with Gasteiger partial charge in [-0.3, -0.25) is 0 Å². The van der Waals surface area contributed by atoms with Crippen molar-refractivity contribution >= 4 is 33.1 Å². The smallest absolute Gasteiger partial charge is 0.319 e. The van der Waals surface area contributed by atoms with Gasteiger partial charge in [-0.05, 0) is 29.3 Å². The number of hydrogen-bond acceptors (Lipinski definition) is 3. The van der Waals surface area contributed by atoms with E-state index in [1.807, 2.05) is 40.4 Å². The van der Waals surface area contributed by atoms with Gasteiger partial charge in [0, 0.05) is 25.5 Å². The van der Waals surface area contributed by atoms with Gasteiger partial charge in [0.25, 0.3) is 0 Å². The van der Waals surface area contributed by atoms with Gasteiger partial charge in [-0.2, -0.15) is 0 Å². The van der Waals surface area contributed by atoms with Gasteiger partial charge in [0.05, 0.1) is 16.7 Å². The highest BCUT2D eigenvalue weighted by atomic mass is 32.1. The number of amides is 2. The third-order valence-electron chi connectivity index (χ3n) is 3.17. The Morgan fingerprint density at radius 3 is 3.14 bits per heavy atom. The number of aryl methyl sites for hydroxylation is 1. The number of hydrogen-bond donors (Lipinski definition) is 2. The largest absolute Gasteiger partial charge is 0.338 e. The average Bonchev–Trinajstić information content (AvgIpc) is 3.15. The molecule has 5 nitrogen and oxygen atoms in total. The van der Waals surface area contributed by atoms with Gasteiger partial charge in [0.15, 0.2) is 0 Å². The molecule has 0 aliphatic rings. The minimum absolute atomic E-state index is 0.165. The molecule has 1 aromatic carbocycles. The van der Waals surface area contributed by atoms with Gasteiger partial charge in [0.2, 0.25) is 0 Å². The molecule has 0 aliphatic carbocycles. The summed E-state index contributed by atoms with van der Waals surface area (Å²) < 4.78 is 3.09. The zero-order valence-corrected chi connectivity index (χ0v) is 12.3. The molecule has 2 N–H and O–H groups in total. The summed E-state index contributed by atoms with van der Waals surface area (Å²) >= 11 is 1.63. The minimum atomic E-state index is -0.165. The second kappa shape index (κ2) is 6.41. The molecule has 2 aromatic heterocycles. The van der Waals surface area contributed by atoms with Gasteiger partial charge in [-0.15, -0.1) is 11.3 Å². The van der Waals surface area contributed by atoms with E-state index in [9.17, 15) is 4.79 Å². The van der Waals surface area contributed by atoms with Crippen LogP contribution in [-0.4, -0.2) is 22.1 Å². The lowest BCUT2D eigenvalue weighted by Crippen LogP contribution is -2.30. The minimum Gasteiger partial charge on any atom is -0.338 e. The predicted molar refractivity (Wildman–Crippen MR) is 85.7 cm³/mol. The van der Waals surface area contributed by atoms with E-state index in [0.29, 0.717) is 6.54 Å². The summed E-state index contributed by atoms with van der Waals surface area (Å²) in [5.41, 5.74) is 0.856. The molecule has 0 spiro atoms. The summed E-state index contributed by atoms with van der Waals surface area (Å²) in [6, 6.07) is 7.79. The van der Waals surface area contributed by atoms with Gasteiger partial charge in [-0.25, -0.2) is 9.78 Å². The standard InChI is InChI=1S/C15H16N4OS/c20-15(17-6-2-8-19-9-7-16-11-19)18-13-4-1-3-12-5-10-21-14(12)13/h1,3-5,7,9-11H,2,6,8H2,(H2,17,18,20). The number of carbonyl (C=O) groups excluding carboxylic acids is 1. The molecule has 0 aliphatic heterocycles. The Hall–Kier alpha value is -2.34. The Balaban J connectivity index is 1.49. The van der Waals surface area contributed by atoms with Crippen molar-refractivity contribution in [2.24, 2.45) is 0 Å². The van der Waals surface area contributed by atoms with Crippen LogP contribution in [0.25, 0.3) is 10.1 Å². The molecule has 2 amide bonds. The molecular weight excluding hydrogens is 284 g/mol. The molecular formula is C15H16N4OS. The number of fused-ring (bicyclic) bond motifs is 1. The monoisotopic (exact) mass is 300 g/mol. The maximum Gasteiger partial charge on any atom is 0.319 e. The van der Waals surface area contributed by atoms with Crippen LogP contribution in [0.5, 0.6) is 0 Å². The number of aromatic nitrogens is 2. The van der Waals surface area contributed by atoms with Crippen molar-refractivity contribution in [3.63, 3.8) is 0 Å². The molecule has 0 saturated carbocycles. The first-order chi connectivity index (χ1) is 10.3. The topological polar surface area (TPSA) is 59.0 Å². The van der Waals surface area contributed by atoms with E-state index in [-0.39, 0.29) is 6.03 Å². The Bertz CT molecular complexity index is 720. The summed E-state index contributed by atoms with van der Waals surface area (Å²) in [6.45, 7) is 1.48. The highest BCUT2D eigenvalue weighted by molar-refractivity contribution is 7.17. The number of rotatable bonds is 5. The second-order valence-corrected chi connectivity index (χ2v) is 5.60. The van der Waals surface area contributed by atoms with E-state index < -0.39 is 0 Å². The first-order valence-corrected chi connectivity index (χ1v) is 7.68. The molecule has 3 rings (SSSR count). The molecule has 0 atom stereocenters. The molecule has 0 saturated heterocycles. The van der Waals surface area contributed by atoms with Crippen LogP contribution < -0.4 is 10.6 Å². The highest BCUT2D eigenvalue weighted by Gasteiger charge is 2.05. The molecule has 0 fully saturated rings.